The Bertz CT molecular complexity index is 347. The van der Waals surface area contributed by atoms with Gasteiger partial charge in [-0.05, 0) is 19.4 Å². The Morgan fingerprint density at radius 2 is 2.31 bits per heavy atom. The molecule has 0 saturated carbocycles. The number of ether oxygens (including phenoxy) is 1. The van der Waals surface area contributed by atoms with Crippen molar-refractivity contribution in [2.45, 2.75) is 33.4 Å². The summed E-state index contributed by atoms with van der Waals surface area (Å²) in [6, 6.07) is 2.06. The first-order valence-electron chi connectivity index (χ1n) is 5.54. The lowest BCUT2D eigenvalue weighted by molar-refractivity contribution is -0.139. The molecule has 0 aliphatic carbocycles. The Kier molecular flexibility index (Phi) is 4.98. The number of methoxy groups -OCH3 is 1. The number of hydrogen-bond acceptors (Lipinski definition) is 4. The van der Waals surface area contributed by atoms with Gasteiger partial charge in [-0.25, -0.2) is 0 Å². The molecule has 0 radical (unpaired) electrons. The van der Waals surface area contributed by atoms with Crippen molar-refractivity contribution >= 4 is 5.97 Å². The van der Waals surface area contributed by atoms with Crippen molar-refractivity contribution in [3.63, 3.8) is 0 Å². The van der Waals surface area contributed by atoms with Crippen LogP contribution in [0.15, 0.2) is 6.07 Å². The summed E-state index contributed by atoms with van der Waals surface area (Å²) in [5.41, 5.74) is 2.18. The van der Waals surface area contributed by atoms with Crippen molar-refractivity contribution < 1.29 is 9.53 Å². The van der Waals surface area contributed by atoms with E-state index in [9.17, 15) is 4.79 Å². The first-order chi connectivity index (χ1) is 7.71. The number of hydrogen-bond donors (Lipinski definition) is 1. The van der Waals surface area contributed by atoms with Crippen LogP contribution in [0.2, 0.25) is 0 Å². The fourth-order valence-electron chi connectivity index (χ4n) is 1.47. The second kappa shape index (κ2) is 6.27. The van der Waals surface area contributed by atoms with Crippen molar-refractivity contribution in [3.8, 4) is 0 Å². The molecule has 5 heteroatoms. The van der Waals surface area contributed by atoms with Crippen molar-refractivity contribution in [1.29, 1.82) is 0 Å². The number of nitrogens with one attached hydrogen (secondary N) is 1. The molecule has 1 aromatic heterocycles. The van der Waals surface area contributed by atoms with Crippen LogP contribution < -0.4 is 5.32 Å². The quantitative estimate of drug-likeness (QED) is 0.725. The molecule has 0 spiro atoms. The highest BCUT2D eigenvalue weighted by Gasteiger charge is 2.06. The molecule has 16 heavy (non-hydrogen) atoms. The number of carbonyl (C=O) groups is 1. The van der Waals surface area contributed by atoms with Crippen molar-refractivity contribution in [2.24, 2.45) is 0 Å². The fourth-order valence-corrected chi connectivity index (χ4v) is 1.47. The van der Waals surface area contributed by atoms with E-state index in [0.29, 0.717) is 6.54 Å². The van der Waals surface area contributed by atoms with Gasteiger partial charge in [-0.3, -0.25) is 9.48 Å². The van der Waals surface area contributed by atoms with Gasteiger partial charge in [-0.2, -0.15) is 5.10 Å². The Labute approximate surface area is 95.8 Å². The third-order valence-electron chi connectivity index (χ3n) is 2.38. The van der Waals surface area contributed by atoms with E-state index in [0.717, 1.165) is 24.4 Å². The van der Waals surface area contributed by atoms with Crippen LogP contribution in [0.5, 0.6) is 0 Å². The van der Waals surface area contributed by atoms with Gasteiger partial charge in [0.25, 0.3) is 0 Å². The second-order valence-electron chi connectivity index (χ2n) is 3.48. The highest BCUT2D eigenvalue weighted by molar-refractivity contribution is 5.71. The molecular weight excluding hydrogens is 206 g/mol. The first-order valence-corrected chi connectivity index (χ1v) is 5.54. The van der Waals surface area contributed by atoms with Gasteiger partial charge in [0, 0.05) is 13.1 Å². The van der Waals surface area contributed by atoms with Gasteiger partial charge >= 0.3 is 5.97 Å². The largest absolute Gasteiger partial charge is 0.468 e. The monoisotopic (exact) mass is 225 g/mol. The van der Waals surface area contributed by atoms with E-state index < -0.39 is 0 Å². The smallest absolute Gasteiger partial charge is 0.319 e. The molecule has 0 bridgehead atoms. The molecular formula is C11H19N3O2. The third kappa shape index (κ3) is 3.34. The topological polar surface area (TPSA) is 56.1 Å². The van der Waals surface area contributed by atoms with Crippen LogP contribution in [0.1, 0.15) is 25.2 Å². The highest BCUT2D eigenvalue weighted by Crippen LogP contribution is 2.05. The van der Waals surface area contributed by atoms with E-state index in [-0.39, 0.29) is 12.5 Å². The Hall–Kier alpha value is -1.36. The summed E-state index contributed by atoms with van der Waals surface area (Å²) in [5, 5.41) is 7.45. The van der Waals surface area contributed by atoms with E-state index in [1.807, 2.05) is 4.68 Å². The minimum atomic E-state index is -0.252. The zero-order valence-electron chi connectivity index (χ0n) is 10.1. The third-order valence-corrected chi connectivity index (χ3v) is 2.38. The van der Waals surface area contributed by atoms with Gasteiger partial charge in [0.15, 0.2) is 0 Å². The van der Waals surface area contributed by atoms with Crippen LogP contribution in [-0.4, -0.2) is 29.4 Å². The lowest BCUT2D eigenvalue weighted by Crippen LogP contribution is -2.24. The zero-order valence-corrected chi connectivity index (χ0v) is 10.1. The number of rotatable bonds is 6. The summed E-state index contributed by atoms with van der Waals surface area (Å²) < 4.78 is 6.49. The molecule has 1 aromatic rings. The van der Waals surface area contributed by atoms with Crippen LogP contribution in [0.3, 0.4) is 0 Å². The summed E-state index contributed by atoms with van der Waals surface area (Å²) in [7, 11) is 1.38. The van der Waals surface area contributed by atoms with Crippen LogP contribution in [0, 0.1) is 0 Å². The van der Waals surface area contributed by atoms with Crippen molar-refractivity contribution in [1.82, 2.24) is 15.1 Å². The van der Waals surface area contributed by atoms with Gasteiger partial charge in [0.2, 0.25) is 0 Å². The predicted octanol–water partition coefficient (Wildman–Crippen LogP) is 0.728. The summed E-state index contributed by atoms with van der Waals surface area (Å²) in [6.07, 6.45) is 0.928. The zero-order chi connectivity index (χ0) is 12.0. The van der Waals surface area contributed by atoms with Crippen LogP contribution in [-0.2, 0) is 29.0 Å². The number of carbonyl (C=O) groups excluding carboxylic acids is 1. The van der Waals surface area contributed by atoms with Crippen molar-refractivity contribution in [2.75, 3.05) is 13.7 Å². The van der Waals surface area contributed by atoms with Gasteiger partial charge in [-0.1, -0.05) is 6.92 Å². The fraction of sp³-hybridized carbons (Fsp3) is 0.636. The molecule has 1 N–H and O–H groups in total. The molecule has 0 aliphatic heterocycles. The van der Waals surface area contributed by atoms with Gasteiger partial charge < -0.3 is 10.1 Å². The maximum Gasteiger partial charge on any atom is 0.319 e. The molecule has 0 atom stereocenters. The maximum atomic E-state index is 10.9. The standard InChI is InChI=1S/C11H19N3O2/c1-4-9-6-10(14(5-2)13-9)7-12-8-11(15)16-3/h6,12H,4-5,7-8H2,1-3H3. The summed E-state index contributed by atoms with van der Waals surface area (Å²) in [5.74, 6) is -0.252. The summed E-state index contributed by atoms with van der Waals surface area (Å²) in [6.45, 7) is 5.84. The van der Waals surface area contributed by atoms with Gasteiger partial charge in [-0.15, -0.1) is 0 Å². The normalized spacial score (nSPS) is 10.4. The lowest BCUT2D eigenvalue weighted by atomic mass is 10.3. The average molecular weight is 225 g/mol. The molecule has 0 aliphatic rings. The maximum absolute atomic E-state index is 10.9. The van der Waals surface area contributed by atoms with Crippen LogP contribution >= 0.6 is 0 Å². The van der Waals surface area contributed by atoms with Crippen molar-refractivity contribution in [3.05, 3.63) is 17.5 Å². The number of esters is 1. The molecule has 90 valence electrons. The van der Waals surface area contributed by atoms with E-state index in [1.165, 1.54) is 7.11 Å². The van der Waals surface area contributed by atoms with Gasteiger partial charge in [0.05, 0.1) is 25.0 Å². The van der Waals surface area contributed by atoms with E-state index in [1.54, 1.807) is 0 Å². The van der Waals surface area contributed by atoms with Gasteiger partial charge in [0.1, 0.15) is 0 Å². The number of nitrogens with zero attached hydrogens (tertiary/aromatic N) is 2. The molecule has 0 unspecified atom stereocenters. The molecule has 0 fully saturated rings. The van der Waals surface area contributed by atoms with E-state index >= 15 is 0 Å². The van der Waals surface area contributed by atoms with Crippen LogP contribution in [0.4, 0.5) is 0 Å². The molecule has 5 nitrogen and oxygen atoms in total. The number of aryl methyl sites for hydroxylation is 2. The molecule has 1 heterocycles. The Balaban J connectivity index is 2.52. The van der Waals surface area contributed by atoms with Crippen LogP contribution in [0.25, 0.3) is 0 Å². The first kappa shape index (κ1) is 12.7. The summed E-state index contributed by atoms with van der Waals surface area (Å²) in [4.78, 5) is 10.9. The van der Waals surface area contributed by atoms with E-state index in [2.05, 4.69) is 35.1 Å². The second-order valence-corrected chi connectivity index (χ2v) is 3.48. The van der Waals surface area contributed by atoms with E-state index in [4.69, 9.17) is 0 Å². The molecule has 0 amide bonds. The SMILES string of the molecule is CCc1cc(CNCC(=O)OC)n(CC)n1. The minimum absolute atomic E-state index is 0.229. The minimum Gasteiger partial charge on any atom is -0.468 e. The summed E-state index contributed by atoms with van der Waals surface area (Å²) >= 11 is 0. The Morgan fingerprint density at radius 3 is 2.88 bits per heavy atom. The predicted molar refractivity (Wildman–Crippen MR) is 61.0 cm³/mol. The highest BCUT2D eigenvalue weighted by atomic mass is 16.5. The number of aromatic nitrogens is 2. The Morgan fingerprint density at radius 1 is 1.56 bits per heavy atom. The molecule has 0 aromatic carbocycles. The molecule has 0 saturated heterocycles. The lowest BCUT2D eigenvalue weighted by Gasteiger charge is -2.05. The molecule has 1 rings (SSSR count). The average Bonchev–Trinajstić information content (AvgIpc) is 2.71.